The summed E-state index contributed by atoms with van der Waals surface area (Å²) in [7, 11) is 0. The first kappa shape index (κ1) is 10.2. The van der Waals surface area contributed by atoms with Crippen molar-refractivity contribution in [2.24, 2.45) is 0 Å². The predicted molar refractivity (Wildman–Crippen MR) is 57.6 cm³/mol. The Morgan fingerprint density at radius 3 is 2.53 bits per heavy atom. The summed E-state index contributed by atoms with van der Waals surface area (Å²) in [5, 5.41) is 13.8. The summed E-state index contributed by atoms with van der Waals surface area (Å²) < 4.78 is 4.98. The molecule has 0 aliphatic carbocycles. The summed E-state index contributed by atoms with van der Waals surface area (Å²) in [6.07, 6.45) is -0.640. The van der Waals surface area contributed by atoms with Crippen LogP contribution >= 0.6 is 11.6 Å². The van der Waals surface area contributed by atoms with E-state index in [-0.39, 0.29) is 0 Å². The average molecular weight is 224 g/mol. The molecule has 2 aromatic rings. The SMILES string of the molecule is C[C@@H](O)c1cc(-c2ccc(Cl)cc2)no1. The molecule has 0 bridgehead atoms. The molecule has 0 unspecified atom stereocenters. The maximum atomic E-state index is 9.27. The molecule has 4 heteroatoms. The van der Waals surface area contributed by atoms with E-state index in [1.807, 2.05) is 12.1 Å². The van der Waals surface area contributed by atoms with Gasteiger partial charge in [0.05, 0.1) is 0 Å². The first-order chi connectivity index (χ1) is 7.16. The van der Waals surface area contributed by atoms with Gasteiger partial charge >= 0.3 is 0 Å². The fourth-order valence-corrected chi connectivity index (χ4v) is 1.37. The summed E-state index contributed by atoms with van der Waals surface area (Å²) in [5.74, 6) is 0.458. The van der Waals surface area contributed by atoms with Crippen LogP contribution in [-0.2, 0) is 0 Å². The van der Waals surface area contributed by atoms with Crippen LogP contribution in [0.15, 0.2) is 34.9 Å². The Kier molecular flexibility index (Phi) is 2.75. The molecule has 1 heterocycles. The van der Waals surface area contributed by atoms with Gasteiger partial charge in [-0.05, 0) is 19.1 Å². The Morgan fingerprint density at radius 2 is 2.00 bits per heavy atom. The van der Waals surface area contributed by atoms with Crippen molar-refractivity contribution in [3.8, 4) is 11.3 Å². The number of aliphatic hydroxyl groups excluding tert-OH is 1. The number of hydrogen-bond acceptors (Lipinski definition) is 3. The van der Waals surface area contributed by atoms with Crippen LogP contribution in [-0.4, -0.2) is 10.3 Å². The van der Waals surface area contributed by atoms with Crippen molar-refractivity contribution in [2.45, 2.75) is 13.0 Å². The van der Waals surface area contributed by atoms with E-state index in [1.54, 1.807) is 25.1 Å². The van der Waals surface area contributed by atoms with E-state index in [9.17, 15) is 5.11 Å². The highest BCUT2D eigenvalue weighted by Gasteiger charge is 2.10. The number of halogens is 1. The Labute approximate surface area is 92.3 Å². The molecule has 0 amide bonds. The largest absolute Gasteiger partial charge is 0.385 e. The molecular weight excluding hydrogens is 214 g/mol. The zero-order valence-electron chi connectivity index (χ0n) is 8.14. The van der Waals surface area contributed by atoms with Crippen LogP contribution < -0.4 is 0 Å². The highest BCUT2D eigenvalue weighted by Crippen LogP contribution is 2.23. The molecule has 1 aromatic heterocycles. The number of aliphatic hydroxyl groups is 1. The minimum Gasteiger partial charge on any atom is -0.385 e. The molecule has 0 saturated carbocycles. The van der Waals surface area contributed by atoms with Gasteiger partial charge in [0.25, 0.3) is 0 Å². The van der Waals surface area contributed by atoms with Gasteiger partial charge in [0.2, 0.25) is 0 Å². The van der Waals surface area contributed by atoms with E-state index in [0.29, 0.717) is 16.5 Å². The number of hydrogen-bond donors (Lipinski definition) is 1. The minimum absolute atomic E-state index is 0.458. The third kappa shape index (κ3) is 2.19. The highest BCUT2D eigenvalue weighted by atomic mass is 35.5. The summed E-state index contributed by atoms with van der Waals surface area (Å²) >= 11 is 5.77. The number of benzene rings is 1. The maximum Gasteiger partial charge on any atom is 0.165 e. The Balaban J connectivity index is 2.33. The second kappa shape index (κ2) is 4.04. The molecular formula is C11H10ClNO2. The standard InChI is InChI=1S/C11H10ClNO2/c1-7(14)11-6-10(13-15-11)8-2-4-9(12)5-3-8/h2-7,14H,1H3/t7-/m1/s1. The van der Waals surface area contributed by atoms with E-state index < -0.39 is 6.10 Å². The van der Waals surface area contributed by atoms with E-state index >= 15 is 0 Å². The molecule has 0 radical (unpaired) electrons. The van der Waals surface area contributed by atoms with Gasteiger partial charge in [-0.1, -0.05) is 28.9 Å². The van der Waals surface area contributed by atoms with E-state index in [2.05, 4.69) is 5.16 Å². The fourth-order valence-electron chi connectivity index (χ4n) is 1.24. The monoisotopic (exact) mass is 223 g/mol. The molecule has 2 rings (SSSR count). The lowest BCUT2D eigenvalue weighted by Gasteiger charge is -1.95. The first-order valence-corrected chi connectivity index (χ1v) is 4.95. The third-order valence-electron chi connectivity index (χ3n) is 2.08. The third-order valence-corrected chi connectivity index (χ3v) is 2.33. The summed E-state index contributed by atoms with van der Waals surface area (Å²) in [6, 6.07) is 8.99. The van der Waals surface area contributed by atoms with Gasteiger partial charge < -0.3 is 9.63 Å². The Morgan fingerprint density at radius 1 is 1.33 bits per heavy atom. The van der Waals surface area contributed by atoms with Crippen molar-refractivity contribution in [1.82, 2.24) is 5.16 Å². The van der Waals surface area contributed by atoms with Gasteiger partial charge in [0.1, 0.15) is 11.8 Å². The Bertz CT molecular complexity index is 448. The van der Waals surface area contributed by atoms with Gasteiger partial charge in [-0.15, -0.1) is 0 Å². The lowest BCUT2D eigenvalue weighted by Crippen LogP contribution is -1.85. The van der Waals surface area contributed by atoms with Crippen molar-refractivity contribution in [1.29, 1.82) is 0 Å². The first-order valence-electron chi connectivity index (χ1n) is 4.57. The average Bonchev–Trinajstić information content (AvgIpc) is 2.68. The smallest absolute Gasteiger partial charge is 0.165 e. The second-order valence-corrected chi connectivity index (χ2v) is 3.73. The Hall–Kier alpha value is -1.32. The van der Waals surface area contributed by atoms with Gasteiger partial charge in [-0.2, -0.15) is 0 Å². The van der Waals surface area contributed by atoms with Gasteiger partial charge in [-0.3, -0.25) is 0 Å². The topological polar surface area (TPSA) is 46.3 Å². The minimum atomic E-state index is -0.640. The normalized spacial score (nSPS) is 12.7. The number of rotatable bonds is 2. The molecule has 0 fully saturated rings. The fraction of sp³-hybridized carbons (Fsp3) is 0.182. The van der Waals surface area contributed by atoms with Crippen molar-refractivity contribution in [3.05, 3.63) is 41.1 Å². The second-order valence-electron chi connectivity index (χ2n) is 3.30. The highest BCUT2D eigenvalue weighted by molar-refractivity contribution is 6.30. The van der Waals surface area contributed by atoms with E-state index in [1.165, 1.54) is 0 Å². The zero-order valence-corrected chi connectivity index (χ0v) is 8.90. The number of nitrogens with zero attached hydrogens (tertiary/aromatic N) is 1. The van der Waals surface area contributed by atoms with Crippen molar-refractivity contribution >= 4 is 11.6 Å². The quantitative estimate of drug-likeness (QED) is 0.851. The summed E-state index contributed by atoms with van der Waals surface area (Å²) in [5.41, 5.74) is 1.61. The zero-order chi connectivity index (χ0) is 10.8. The maximum absolute atomic E-state index is 9.27. The summed E-state index contributed by atoms with van der Waals surface area (Å²) in [4.78, 5) is 0. The number of aromatic nitrogens is 1. The predicted octanol–water partition coefficient (Wildman–Crippen LogP) is 3.05. The lowest BCUT2D eigenvalue weighted by atomic mass is 10.1. The van der Waals surface area contributed by atoms with Crippen LogP contribution in [0.3, 0.4) is 0 Å². The molecule has 1 N–H and O–H groups in total. The van der Waals surface area contributed by atoms with Crippen molar-refractivity contribution < 1.29 is 9.63 Å². The van der Waals surface area contributed by atoms with Crippen molar-refractivity contribution in [2.75, 3.05) is 0 Å². The van der Waals surface area contributed by atoms with Crippen LogP contribution in [0.1, 0.15) is 18.8 Å². The lowest BCUT2D eigenvalue weighted by molar-refractivity contribution is 0.158. The molecule has 78 valence electrons. The van der Waals surface area contributed by atoms with Crippen molar-refractivity contribution in [3.63, 3.8) is 0 Å². The molecule has 1 atom stereocenters. The van der Waals surface area contributed by atoms with Crippen LogP contribution in [0.2, 0.25) is 5.02 Å². The molecule has 1 aromatic carbocycles. The van der Waals surface area contributed by atoms with Crippen LogP contribution in [0.25, 0.3) is 11.3 Å². The molecule has 0 aliphatic heterocycles. The summed E-state index contributed by atoms with van der Waals surface area (Å²) in [6.45, 7) is 1.63. The van der Waals surface area contributed by atoms with E-state index in [0.717, 1.165) is 5.56 Å². The molecule has 3 nitrogen and oxygen atoms in total. The van der Waals surface area contributed by atoms with Crippen LogP contribution in [0.4, 0.5) is 0 Å². The van der Waals surface area contributed by atoms with Gasteiger partial charge in [0.15, 0.2) is 5.76 Å². The van der Waals surface area contributed by atoms with Crippen LogP contribution in [0, 0.1) is 0 Å². The molecule has 0 spiro atoms. The molecule has 0 aliphatic rings. The van der Waals surface area contributed by atoms with Gasteiger partial charge in [-0.25, -0.2) is 0 Å². The van der Waals surface area contributed by atoms with Gasteiger partial charge in [0, 0.05) is 16.7 Å². The molecule has 0 saturated heterocycles. The van der Waals surface area contributed by atoms with Crippen LogP contribution in [0.5, 0.6) is 0 Å². The molecule has 15 heavy (non-hydrogen) atoms. The van der Waals surface area contributed by atoms with E-state index in [4.69, 9.17) is 16.1 Å².